The Morgan fingerprint density at radius 3 is 2.57 bits per heavy atom. The Hall–Kier alpha value is -2.88. The molecule has 2 aromatic carbocycles. The van der Waals surface area contributed by atoms with Crippen LogP contribution in [0.15, 0.2) is 63.8 Å². The number of hydrogen-bond donors (Lipinski definition) is 1. The van der Waals surface area contributed by atoms with Gasteiger partial charge in [0.25, 0.3) is 0 Å². The molecule has 0 aliphatic rings. The summed E-state index contributed by atoms with van der Waals surface area (Å²) in [5.74, 6) is -0.384. The lowest BCUT2D eigenvalue weighted by atomic mass is 10.0. The Morgan fingerprint density at radius 1 is 0.952 bits per heavy atom. The molecule has 0 atom stereocenters. The predicted molar refractivity (Wildman–Crippen MR) is 79.7 cm³/mol. The van der Waals surface area contributed by atoms with Crippen LogP contribution in [-0.4, -0.2) is 4.98 Å². The van der Waals surface area contributed by atoms with Crippen molar-refractivity contribution in [2.75, 3.05) is 0 Å². The fraction of sp³-hybridized carbons (Fsp3) is 0. The summed E-state index contributed by atoms with van der Waals surface area (Å²) in [6.07, 6.45) is 0. The molecule has 3 nitrogen and oxygen atoms in total. The Kier molecular flexibility index (Phi) is 2.44. The van der Waals surface area contributed by atoms with Crippen molar-refractivity contribution in [3.05, 3.63) is 70.8 Å². The smallest absolute Gasteiger partial charge is 0.249 e. The van der Waals surface area contributed by atoms with Crippen molar-refractivity contribution in [3.63, 3.8) is 0 Å². The highest BCUT2D eigenvalue weighted by atomic mass is 19.1. The van der Waals surface area contributed by atoms with Gasteiger partial charge < -0.3 is 9.40 Å². The van der Waals surface area contributed by atoms with E-state index in [1.807, 2.05) is 24.3 Å². The largest absolute Gasteiger partial charge is 0.454 e. The van der Waals surface area contributed by atoms with Crippen LogP contribution in [0.4, 0.5) is 4.39 Å². The zero-order valence-electron chi connectivity index (χ0n) is 10.9. The summed E-state index contributed by atoms with van der Waals surface area (Å²) in [5.41, 5.74) is 2.27. The molecular formula is C17H10FNO2. The van der Waals surface area contributed by atoms with Gasteiger partial charge in [0, 0.05) is 22.6 Å². The number of H-pyrrole nitrogens is 1. The standard InChI is InChI=1S/C17H10FNO2/c18-13-7-3-1-5-10(13)12-9-15(20)19-16-11-6-2-4-8-14(11)21-17(12)16/h1-9H,(H,19,20). The molecule has 0 fully saturated rings. The second-order valence-corrected chi connectivity index (χ2v) is 4.83. The lowest BCUT2D eigenvalue weighted by molar-refractivity contribution is 0.629. The first kappa shape index (κ1) is 11.9. The van der Waals surface area contributed by atoms with E-state index in [-0.39, 0.29) is 11.4 Å². The third-order valence-corrected chi connectivity index (χ3v) is 3.53. The van der Waals surface area contributed by atoms with Crippen molar-refractivity contribution in [1.29, 1.82) is 0 Å². The van der Waals surface area contributed by atoms with Gasteiger partial charge in [-0.1, -0.05) is 30.3 Å². The molecule has 0 saturated heterocycles. The number of para-hydroxylation sites is 1. The van der Waals surface area contributed by atoms with Gasteiger partial charge >= 0.3 is 0 Å². The van der Waals surface area contributed by atoms with Crippen molar-refractivity contribution in [3.8, 4) is 11.1 Å². The van der Waals surface area contributed by atoms with Gasteiger partial charge in [0.2, 0.25) is 5.56 Å². The molecule has 0 unspecified atom stereocenters. The minimum absolute atomic E-state index is 0.285. The molecule has 4 heteroatoms. The van der Waals surface area contributed by atoms with Crippen LogP contribution in [0.3, 0.4) is 0 Å². The number of halogens is 1. The summed E-state index contributed by atoms with van der Waals surface area (Å²) in [4.78, 5) is 14.7. The van der Waals surface area contributed by atoms with E-state index in [9.17, 15) is 9.18 Å². The van der Waals surface area contributed by atoms with Crippen LogP contribution in [-0.2, 0) is 0 Å². The van der Waals surface area contributed by atoms with E-state index >= 15 is 0 Å². The molecule has 0 spiro atoms. The number of fused-ring (bicyclic) bond motifs is 3. The van der Waals surface area contributed by atoms with Gasteiger partial charge in [0.05, 0.1) is 5.52 Å². The Bertz CT molecular complexity index is 1030. The number of rotatable bonds is 1. The highest BCUT2D eigenvalue weighted by Gasteiger charge is 2.15. The lowest BCUT2D eigenvalue weighted by Crippen LogP contribution is -2.04. The molecule has 4 rings (SSSR count). The van der Waals surface area contributed by atoms with Crippen LogP contribution < -0.4 is 5.56 Å². The number of benzene rings is 2. The minimum atomic E-state index is -0.384. The highest BCUT2D eigenvalue weighted by Crippen LogP contribution is 2.34. The van der Waals surface area contributed by atoms with Gasteiger partial charge in [-0.25, -0.2) is 4.39 Å². The number of pyridine rings is 1. The number of furan rings is 1. The maximum absolute atomic E-state index is 14.0. The summed E-state index contributed by atoms with van der Waals surface area (Å²) >= 11 is 0. The van der Waals surface area contributed by atoms with Gasteiger partial charge in [0.1, 0.15) is 11.4 Å². The normalized spacial score (nSPS) is 11.3. The molecule has 0 amide bonds. The molecule has 2 heterocycles. The Morgan fingerprint density at radius 2 is 1.71 bits per heavy atom. The maximum atomic E-state index is 14.0. The van der Waals surface area contributed by atoms with E-state index in [0.29, 0.717) is 27.8 Å². The van der Waals surface area contributed by atoms with E-state index in [0.717, 1.165) is 5.39 Å². The summed E-state index contributed by atoms with van der Waals surface area (Å²) in [5, 5.41) is 0.808. The number of aromatic amines is 1. The van der Waals surface area contributed by atoms with Crippen molar-refractivity contribution in [1.82, 2.24) is 4.98 Å². The van der Waals surface area contributed by atoms with Crippen molar-refractivity contribution in [2.24, 2.45) is 0 Å². The lowest BCUT2D eigenvalue weighted by Gasteiger charge is -2.03. The zero-order valence-corrected chi connectivity index (χ0v) is 10.9. The van der Waals surface area contributed by atoms with Crippen molar-refractivity contribution < 1.29 is 8.81 Å². The van der Waals surface area contributed by atoms with Crippen LogP contribution in [0.2, 0.25) is 0 Å². The molecule has 0 radical (unpaired) electrons. The molecule has 4 aromatic rings. The second kappa shape index (κ2) is 4.31. The maximum Gasteiger partial charge on any atom is 0.249 e. The molecule has 102 valence electrons. The van der Waals surface area contributed by atoms with Gasteiger partial charge in [0.15, 0.2) is 5.58 Å². The minimum Gasteiger partial charge on any atom is -0.454 e. The van der Waals surface area contributed by atoms with E-state index in [1.165, 1.54) is 12.1 Å². The molecule has 1 N–H and O–H groups in total. The molecule has 0 saturated carbocycles. The van der Waals surface area contributed by atoms with Crippen LogP contribution in [0.25, 0.3) is 33.2 Å². The summed E-state index contributed by atoms with van der Waals surface area (Å²) in [6.45, 7) is 0. The van der Waals surface area contributed by atoms with Crippen LogP contribution >= 0.6 is 0 Å². The first-order chi connectivity index (χ1) is 10.2. The highest BCUT2D eigenvalue weighted by molar-refractivity contribution is 6.07. The van der Waals surface area contributed by atoms with Gasteiger partial charge in [-0.15, -0.1) is 0 Å². The SMILES string of the molecule is O=c1cc(-c2ccccc2F)c2oc3ccccc3c2[nH]1. The number of hydrogen-bond acceptors (Lipinski definition) is 2. The fourth-order valence-electron chi connectivity index (χ4n) is 2.59. The van der Waals surface area contributed by atoms with E-state index in [4.69, 9.17) is 4.42 Å². The van der Waals surface area contributed by atoms with Crippen LogP contribution in [0.5, 0.6) is 0 Å². The van der Waals surface area contributed by atoms with E-state index < -0.39 is 0 Å². The third kappa shape index (κ3) is 1.76. The predicted octanol–water partition coefficient (Wildman–Crippen LogP) is 4.08. The van der Waals surface area contributed by atoms with Gasteiger partial charge in [-0.05, 0) is 18.2 Å². The molecule has 0 aliphatic heterocycles. The Balaban J connectivity index is 2.19. The fourth-order valence-corrected chi connectivity index (χ4v) is 2.59. The molecule has 2 aromatic heterocycles. The van der Waals surface area contributed by atoms with Crippen LogP contribution in [0.1, 0.15) is 0 Å². The Labute approximate surface area is 118 Å². The summed E-state index contributed by atoms with van der Waals surface area (Å²) in [6, 6.07) is 15.1. The van der Waals surface area contributed by atoms with E-state index in [1.54, 1.807) is 18.2 Å². The van der Waals surface area contributed by atoms with Gasteiger partial charge in [-0.2, -0.15) is 0 Å². The first-order valence-corrected chi connectivity index (χ1v) is 6.53. The molecule has 0 aliphatic carbocycles. The average molecular weight is 279 g/mol. The zero-order chi connectivity index (χ0) is 14.4. The summed E-state index contributed by atoms with van der Waals surface area (Å²) in [7, 11) is 0. The number of aromatic nitrogens is 1. The second-order valence-electron chi connectivity index (χ2n) is 4.83. The average Bonchev–Trinajstić information content (AvgIpc) is 2.86. The van der Waals surface area contributed by atoms with Crippen LogP contribution in [0, 0.1) is 5.82 Å². The monoisotopic (exact) mass is 279 g/mol. The van der Waals surface area contributed by atoms with Gasteiger partial charge in [-0.3, -0.25) is 4.79 Å². The molecular weight excluding hydrogens is 269 g/mol. The third-order valence-electron chi connectivity index (χ3n) is 3.53. The molecule has 0 bridgehead atoms. The summed E-state index contributed by atoms with van der Waals surface area (Å²) < 4.78 is 19.8. The van der Waals surface area contributed by atoms with E-state index in [2.05, 4.69) is 4.98 Å². The van der Waals surface area contributed by atoms with Crippen molar-refractivity contribution >= 4 is 22.1 Å². The topological polar surface area (TPSA) is 46.0 Å². The quantitative estimate of drug-likeness (QED) is 0.570. The van der Waals surface area contributed by atoms with Crippen molar-refractivity contribution in [2.45, 2.75) is 0 Å². The first-order valence-electron chi connectivity index (χ1n) is 6.53. The molecule has 21 heavy (non-hydrogen) atoms. The number of nitrogens with one attached hydrogen (secondary N) is 1.